The van der Waals surface area contributed by atoms with Crippen molar-refractivity contribution in [2.75, 3.05) is 11.9 Å². The first-order valence-corrected chi connectivity index (χ1v) is 7.12. The van der Waals surface area contributed by atoms with E-state index in [4.69, 9.17) is 17.0 Å². The molecular formula is C13H13N3O2S2. The van der Waals surface area contributed by atoms with E-state index in [2.05, 4.69) is 15.6 Å². The van der Waals surface area contributed by atoms with Gasteiger partial charge in [0, 0.05) is 11.6 Å². The van der Waals surface area contributed by atoms with Crippen LogP contribution in [0.15, 0.2) is 35.8 Å². The highest BCUT2D eigenvalue weighted by molar-refractivity contribution is 7.80. The monoisotopic (exact) mass is 307 g/mol. The van der Waals surface area contributed by atoms with E-state index in [1.165, 1.54) is 11.3 Å². The van der Waals surface area contributed by atoms with Gasteiger partial charge in [0.2, 0.25) is 0 Å². The lowest BCUT2D eigenvalue weighted by molar-refractivity contribution is -0.121. The molecule has 0 aliphatic heterocycles. The molecule has 5 nitrogen and oxygen atoms in total. The summed E-state index contributed by atoms with van der Waals surface area (Å²) in [5.74, 6) is 0.333. The fourth-order valence-electron chi connectivity index (χ4n) is 1.43. The Morgan fingerprint density at radius 3 is 3.05 bits per heavy atom. The zero-order valence-corrected chi connectivity index (χ0v) is 12.4. The maximum Gasteiger partial charge on any atom is 0.264 e. The Labute approximate surface area is 126 Å². The molecule has 0 unspecified atom stereocenters. The number of hydrogen-bond donors (Lipinski definition) is 2. The number of aromatic nitrogens is 1. The number of benzene rings is 1. The molecule has 0 fully saturated rings. The van der Waals surface area contributed by atoms with Gasteiger partial charge in [-0.1, -0.05) is 12.1 Å². The topological polar surface area (TPSA) is 63.2 Å². The number of nitrogens with one attached hydrogen (secondary N) is 2. The normalized spacial score (nSPS) is 9.85. The quantitative estimate of drug-likeness (QED) is 0.849. The van der Waals surface area contributed by atoms with Crippen LogP contribution in [-0.2, 0) is 4.79 Å². The van der Waals surface area contributed by atoms with Crippen molar-refractivity contribution >= 4 is 39.7 Å². The molecule has 20 heavy (non-hydrogen) atoms. The second kappa shape index (κ2) is 6.97. The molecule has 0 radical (unpaired) electrons. The number of nitrogens with zero attached hydrogens (tertiary/aromatic N) is 1. The van der Waals surface area contributed by atoms with Crippen molar-refractivity contribution in [3.8, 4) is 5.75 Å². The van der Waals surface area contributed by atoms with Crippen LogP contribution in [-0.4, -0.2) is 22.6 Å². The summed E-state index contributed by atoms with van der Waals surface area (Å²) in [6.45, 7) is 1.86. The van der Waals surface area contributed by atoms with Gasteiger partial charge in [-0.3, -0.25) is 10.1 Å². The molecule has 0 atom stereocenters. The number of rotatable bonds is 4. The van der Waals surface area contributed by atoms with Gasteiger partial charge in [-0.2, -0.15) is 0 Å². The Balaban J connectivity index is 1.76. The minimum absolute atomic E-state index is 0.0941. The van der Waals surface area contributed by atoms with Gasteiger partial charge in [-0.05, 0) is 36.8 Å². The van der Waals surface area contributed by atoms with E-state index >= 15 is 0 Å². The third-order valence-electron chi connectivity index (χ3n) is 2.27. The van der Waals surface area contributed by atoms with E-state index < -0.39 is 0 Å². The molecule has 1 heterocycles. The first kappa shape index (κ1) is 14.4. The highest BCUT2D eigenvalue weighted by Crippen LogP contribution is 2.12. The van der Waals surface area contributed by atoms with E-state index in [-0.39, 0.29) is 17.6 Å². The molecule has 0 bridgehead atoms. The minimum Gasteiger partial charge on any atom is -0.484 e. The molecule has 104 valence electrons. The third-order valence-corrected chi connectivity index (χ3v) is 3.16. The standard InChI is InChI=1S/C13H13N3O2S2/c1-9-3-2-4-10(7-9)18-8-11(17)15-12(19)16-13-14-5-6-20-13/h2-7H,8H2,1H3,(H2,14,15,16,17,19). The van der Waals surface area contributed by atoms with Crippen LogP contribution in [0, 0.1) is 6.92 Å². The summed E-state index contributed by atoms with van der Waals surface area (Å²) >= 11 is 6.40. The maximum absolute atomic E-state index is 11.7. The molecule has 0 spiro atoms. The fraction of sp³-hybridized carbons (Fsp3) is 0.154. The predicted octanol–water partition coefficient (Wildman–Crippen LogP) is 2.34. The van der Waals surface area contributed by atoms with Crippen LogP contribution in [0.4, 0.5) is 5.13 Å². The smallest absolute Gasteiger partial charge is 0.264 e. The average Bonchev–Trinajstić information content (AvgIpc) is 2.89. The second-order valence-electron chi connectivity index (χ2n) is 3.94. The van der Waals surface area contributed by atoms with E-state index in [1.54, 1.807) is 12.3 Å². The second-order valence-corrected chi connectivity index (χ2v) is 5.25. The predicted molar refractivity (Wildman–Crippen MR) is 83.2 cm³/mol. The number of amides is 1. The molecule has 0 saturated carbocycles. The van der Waals surface area contributed by atoms with Gasteiger partial charge >= 0.3 is 0 Å². The number of aryl methyl sites for hydroxylation is 1. The highest BCUT2D eigenvalue weighted by Gasteiger charge is 2.06. The van der Waals surface area contributed by atoms with Crippen LogP contribution >= 0.6 is 23.6 Å². The first-order chi connectivity index (χ1) is 9.63. The van der Waals surface area contributed by atoms with Gasteiger partial charge in [0.15, 0.2) is 16.9 Å². The van der Waals surface area contributed by atoms with Crippen LogP contribution in [0.3, 0.4) is 0 Å². The number of carbonyl (C=O) groups is 1. The number of thiazole rings is 1. The van der Waals surface area contributed by atoms with Gasteiger partial charge < -0.3 is 10.1 Å². The minimum atomic E-state index is -0.319. The Morgan fingerprint density at radius 1 is 1.50 bits per heavy atom. The van der Waals surface area contributed by atoms with Crippen LogP contribution in [0.25, 0.3) is 0 Å². The van der Waals surface area contributed by atoms with Gasteiger partial charge in [-0.25, -0.2) is 4.98 Å². The number of anilines is 1. The van der Waals surface area contributed by atoms with E-state index in [1.807, 2.05) is 30.5 Å². The summed E-state index contributed by atoms with van der Waals surface area (Å²) in [6.07, 6.45) is 1.65. The van der Waals surface area contributed by atoms with Crippen LogP contribution in [0.1, 0.15) is 5.56 Å². The van der Waals surface area contributed by atoms with Crippen molar-refractivity contribution in [2.45, 2.75) is 6.92 Å². The van der Waals surface area contributed by atoms with Crippen molar-refractivity contribution in [3.63, 3.8) is 0 Å². The maximum atomic E-state index is 11.7. The molecule has 0 saturated heterocycles. The summed E-state index contributed by atoms with van der Waals surface area (Å²) in [5, 5.41) is 7.99. The molecule has 7 heteroatoms. The molecule has 2 N–H and O–H groups in total. The van der Waals surface area contributed by atoms with Gasteiger partial charge in [0.25, 0.3) is 5.91 Å². The van der Waals surface area contributed by atoms with Crippen LogP contribution in [0.5, 0.6) is 5.75 Å². The zero-order chi connectivity index (χ0) is 14.4. The van der Waals surface area contributed by atoms with Gasteiger partial charge in [0.05, 0.1) is 0 Å². The molecule has 0 aliphatic rings. The molecule has 1 aromatic carbocycles. The third kappa shape index (κ3) is 4.60. The molecular weight excluding hydrogens is 294 g/mol. The summed E-state index contributed by atoms with van der Waals surface area (Å²) < 4.78 is 5.37. The summed E-state index contributed by atoms with van der Waals surface area (Å²) in [6, 6.07) is 7.49. The van der Waals surface area contributed by atoms with E-state index in [0.717, 1.165) is 5.56 Å². The van der Waals surface area contributed by atoms with Crippen molar-refractivity contribution in [1.82, 2.24) is 10.3 Å². The first-order valence-electron chi connectivity index (χ1n) is 5.83. The summed E-state index contributed by atoms with van der Waals surface area (Å²) in [5.41, 5.74) is 1.07. The van der Waals surface area contributed by atoms with Crippen molar-refractivity contribution in [1.29, 1.82) is 0 Å². The molecule has 2 aromatic rings. The van der Waals surface area contributed by atoms with Crippen molar-refractivity contribution < 1.29 is 9.53 Å². The van der Waals surface area contributed by atoms with Crippen molar-refractivity contribution in [3.05, 3.63) is 41.4 Å². The molecule has 1 amide bonds. The van der Waals surface area contributed by atoms with E-state index in [0.29, 0.717) is 10.9 Å². The number of thiocarbonyl (C=S) groups is 1. The fourth-order valence-corrected chi connectivity index (χ4v) is 2.24. The average molecular weight is 307 g/mol. The number of ether oxygens (including phenoxy) is 1. The van der Waals surface area contributed by atoms with E-state index in [9.17, 15) is 4.79 Å². The number of carbonyl (C=O) groups excluding carboxylic acids is 1. The van der Waals surface area contributed by atoms with Crippen LogP contribution < -0.4 is 15.4 Å². The molecule has 0 aliphatic carbocycles. The SMILES string of the molecule is Cc1cccc(OCC(=O)NC(=S)Nc2nccs2)c1. The Morgan fingerprint density at radius 2 is 2.35 bits per heavy atom. The summed E-state index contributed by atoms with van der Waals surface area (Å²) in [7, 11) is 0. The summed E-state index contributed by atoms with van der Waals surface area (Å²) in [4.78, 5) is 15.7. The van der Waals surface area contributed by atoms with Gasteiger partial charge in [0.1, 0.15) is 5.75 Å². The van der Waals surface area contributed by atoms with Crippen LogP contribution in [0.2, 0.25) is 0 Å². The Kier molecular flexibility index (Phi) is 5.03. The van der Waals surface area contributed by atoms with Gasteiger partial charge in [-0.15, -0.1) is 11.3 Å². The lowest BCUT2D eigenvalue weighted by atomic mass is 10.2. The largest absolute Gasteiger partial charge is 0.484 e. The van der Waals surface area contributed by atoms with Crippen molar-refractivity contribution in [2.24, 2.45) is 0 Å². The number of hydrogen-bond acceptors (Lipinski definition) is 5. The molecule has 2 rings (SSSR count). The Hall–Kier alpha value is -1.99. The zero-order valence-electron chi connectivity index (χ0n) is 10.8. The Bertz CT molecular complexity index is 599. The molecule has 1 aromatic heterocycles. The lowest BCUT2D eigenvalue weighted by Gasteiger charge is -2.09. The lowest BCUT2D eigenvalue weighted by Crippen LogP contribution is -2.37. The highest BCUT2D eigenvalue weighted by atomic mass is 32.1.